The van der Waals surface area contributed by atoms with E-state index < -0.39 is 11.4 Å². The Morgan fingerprint density at radius 2 is 1.78 bits per heavy atom. The van der Waals surface area contributed by atoms with E-state index in [0.717, 1.165) is 5.56 Å². The summed E-state index contributed by atoms with van der Waals surface area (Å²) in [5, 5.41) is 8.63. The van der Waals surface area contributed by atoms with E-state index in [1.165, 1.54) is 4.90 Å². The molecule has 4 nitrogen and oxygen atoms in total. The number of likely N-dealkylation sites (N-methyl/N-ethyl adjacent to an activating group) is 1. The third-order valence-electron chi connectivity index (χ3n) is 3.04. The molecule has 0 spiro atoms. The highest BCUT2D eigenvalue weighted by Gasteiger charge is 2.32. The van der Waals surface area contributed by atoms with E-state index in [4.69, 9.17) is 5.11 Å². The minimum absolute atomic E-state index is 0.0346. The predicted octanol–water partition coefficient (Wildman–Crippen LogP) is 1.90. The Bertz CT molecular complexity index is 426. The van der Waals surface area contributed by atoms with Crippen LogP contribution >= 0.6 is 0 Å². The number of amides is 1. The highest BCUT2D eigenvalue weighted by molar-refractivity contribution is 5.87. The molecule has 1 aromatic carbocycles. The first-order chi connectivity index (χ1) is 8.35. The molecule has 4 heteroatoms. The van der Waals surface area contributed by atoms with Crippen LogP contribution < -0.4 is 0 Å². The second-order valence-electron chi connectivity index (χ2n) is 4.86. The van der Waals surface area contributed by atoms with Crippen molar-refractivity contribution in [1.82, 2.24) is 4.90 Å². The molecule has 0 aliphatic carbocycles. The van der Waals surface area contributed by atoms with Crippen LogP contribution in [0, 0.1) is 0 Å². The normalized spacial score (nSPS) is 11.1. The van der Waals surface area contributed by atoms with E-state index in [1.807, 2.05) is 44.2 Å². The molecule has 0 saturated carbocycles. The van der Waals surface area contributed by atoms with Crippen molar-refractivity contribution in [3.8, 4) is 0 Å². The van der Waals surface area contributed by atoms with E-state index in [1.54, 1.807) is 7.05 Å². The van der Waals surface area contributed by atoms with Gasteiger partial charge in [-0.1, -0.05) is 30.3 Å². The monoisotopic (exact) mass is 249 g/mol. The third kappa shape index (κ3) is 3.32. The van der Waals surface area contributed by atoms with Crippen LogP contribution in [0.4, 0.5) is 0 Å². The largest absolute Gasteiger partial charge is 0.481 e. The summed E-state index contributed by atoms with van der Waals surface area (Å²) in [6.45, 7) is 3.92. The predicted molar refractivity (Wildman–Crippen MR) is 69.4 cm³/mol. The van der Waals surface area contributed by atoms with Crippen molar-refractivity contribution in [2.24, 2.45) is 0 Å². The van der Waals surface area contributed by atoms with Crippen molar-refractivity contribution in [1.29, 1.82) is 0 Å². The fourth-order valence-corrected chi connectivity index (χ4v) is 1.82. The molecule has 0 fully saturated rings. The van der Waals surface area contributed by atoms with Crippen molar-refractivity contribution < 1.29 is 14.7 Å². The fourth-order valence-electron chi connectivity index (χ4n) is 1.82. The van der Waals surface area contributed by atoms with Gasteiger partial charge < -0.3 is 10.0 Å². The Kier molecular flexibility index (Phi) is 4.48. The molecular formula is C14H19NO3. The molecule has 0 aromatic heterocycles. The average molecular weight is 249 g/mol. The maximum atomic E-state index is 12.3. The number of benzene rings is 1. The van der Waals surface area contributed by atoms with Crippen LogP contribution in [0.1, 0.15) is 25.8 Å². The Balaban J connectivity index is 2.79. The molecule has 1 amide bonds. The second kappa shape index (κ2) is 5.67. The van der Waals surface area contributed by atoms with Crippen molar-refractivity contribution in [2.75, 3.05) is 13.6 Å². The summed E-state index contributed by atoms with van der Waals surface area (Å²) in [6, 6.07) is 9.49. The quantitative estimate of drug-likeness (QED) is 0.867. The topological polar surface area (TPSA) is 57.6 Å². The molecule has 1 aromatic rings. The Labute approximate surface area is 107 Å². The van der Waals surface area contributed by atoms with Gasteiger partial charge in [-0.05, 0) is 19.4 Å². The van der Waals surface area contributed by atoms with Gasteiger partial charge in [0.25, 0.3) is 0 Å². The Morgan fingerprint density at radius 3 is 2.28 bits per heavy atom. The van der Waals surface area contributed by atoms with Crippen molar-refractivity contribution in [3.63, 3.8) is 0 Å². The Morgan fingerprint density at radius 1 is 1.22 bits per heavy atom. The lowest BCUT2D eigenvalue weighted by Gasteiger charge is -2.29. The molecule has 0 saturated heterocycles. The van der Waals surface area contributed by atoms with Gasteiger partial charge in [0.1, 0.15) is 0 Å². The molecule has 0 radical (unpaired) electrons. The molecule has 0 aliphatic heterocycles. The first kappa shape index (κ1) is 14.2. The summed E-state index contributed by atoms with van der Waals surface area (Å²) in [7, 11) is 1.63. The first-order valence-corrected chi connectivity index (χ1v) is 5.88. The van der Waals surface area contributed by atoms with E-state index >= 15 is 0 Å². The number of carboxylic acids is 1. The van der Waals surface area contributed by atoms with Gasteiger partial charge in [0.05, 0.1) is 11.8 Å². The van der Waals surface area contributed by atoms with Crippen LogP contribution in [0.15, 0.2) is 30.3 Å². The average Bonchev–Trinajstić information content (AvgIpc) is 2.36. The molecular weight excluding hydrogens is 230 g/mol. The summed E-state index contributed by atoms with van der Waals surface area (Å²) in [5.41, 5.74) is 0.284. The van der Waals surface area contributed by atoms with Gasteiger partial charge in [0.2, 0.25) is 5.91 Å². The molecule has 0 atom stereocenters. The number of nitrogens with zero attached hydrogens (tertiary/aromatic N) is 1. The van der Waals surface area contributed by atoms with Crippen molar-refractivity contribution in [2.45, 2.75) is 25.7 Å². The van der Waals surface area contributed by atoms with Crippen LogP contribution in [0.2, 0.25) is 0 Å². The molecule has 98 valence electrons. The summed E-state index contributed by atoms with van der Waals surface area (Å²) < 4.78 is 0. The van der Waals surface area contributed by atoms with Crippen molar-refractivity contribution in [3.05, 3.63) is 35.9 Å². The fraction of sp³-hybridized carbons (Fsp3) is 0.429. The van der Waals surface area contributed by atoms with Crippen LogP contribution in [-0.2, 0) is 15.0 Å². The van der Waals surface area contributed by atoms with Crippen LogP contribution in [0.25, 0.3) is 0 Å². The van der Waals surface area contributed by atoms with Crippen LogP contribution in [0.5, 0.6) is 0 Å². The lowest BCUT2D eigenvalue weighted by Crippen LogP contribution is -2.42. The zero-order chi connectivity index (χ0) is 13.8. The lowest BCUT2D eigenvalue weighted by molar-refractivity contribution is -0.139. The minimum Gasteiger partial charge on any atom is -0.481 e. The highest BCUT2D eigenvalue weighted by atomic mass is 16.4. The van der Waals surface area contributed by atoms with Gasteiger partial charge in [-0.3, -0.25) is 9.59 Å². The van der Waals surface area contributed by atoms with Gasteiger partial charge in [-0.25, -0.2) is 0 Å². The van der Waals surface area contributed by atoms with Gasteiger partial charge in [-0.2, -0.15) is 0 Å². The number of aliphatic carboxylic acids is 1. The molecule has 1 rings (SSSR count). The number of carbonyl (C=O) groups excluding carboxylic acids is 1. The zero-order valence-corrected chi connectivity index (χ0v) is 11.0. The number of hydrogen-bond acceptors (Lipinski definition) is 2. The maximum Gasteiger partial charge on any atom is 0.305 e. The standard InChI is InChI=1S/C14H19NO3/c1-14(2,11-7-5-4-6-8-11)13(18)15(3)10-9-12(16)17/h4-8H,9-10H2,1-3H3,(H,16,17). The number of hydrogen-bond donors (Lipinski definition) is 1. The van der Waals surface area contributed by atoms with E-state index in [-0.39, 0.29) is 18.9 Å². The van der Waals surface area contributed by atoms with Crippen LogP contribution in [-0.4, -0.2) is 35.5 Å². The first-order valence-electron chi connectivity index (χ1n) is 5.88. The molecule has 1 N–H and O–H groups in total. The van der Waals surface area contributed by atoms with E-state index in [2.05, 4.69) is 0 Å². The SMILES string of the molecule is CN(CCC(=O)O)C(=O)C(C)(C)c1ccccc1. The number of carboxylic acid groups (broad SMARTS) is 1. The van der Waals surface area contributed by atoms with Crippen LogP contribution in [0.3, 0.4) is 0 Å². The van der Waals surface area contributed by atoms with Gasteiger partial charge in [0.15, 0.2) is 0 Å². The summed E-state index contributed by atoms with van der Waals surface area (Å²) in [5.74, 6) is -0.970. The molecule has 0 unspecified atom stereocenters. The second-order valence-corrected chi connectivity index (χ2v) is 4.86. The van der Waals surface area contributed by atoms with Gasteiger partial charge in [-0.15, -0.1) is 0 Å². The molecule has 18 heavy (non-hydrogen) atoms. The lowest BCUT2D eigenvalue weighted by atomic mass is 9.83. The smallest absolute Gasteiger partial charge is 0.305 e. The van der Waals surface area contributed by atoms with E-state index in [0.29, 0.717) is 0 Å². The third-order valence-corrected chi connectivity index (χ3v) is 3.04. The molecule has 0 bridgehead atoms. The molecule has 0 aliphatic rings. The maximum absolute atomic E-state index is 12.3. The van der Waals surface area contributed by atoms with Crippen molar-refractivity contribution >= 4 is 11.9 Å². The number of rotatable bonds is 5. The highest BCUT2D eigenvalue weighted by Crippen LogP contribution is 2.25. The summed E-state index contributed by atoms with van der Waals surface area (Å²) in [6.07, 6.45) is -0.0346. The summed E-state index contributed by atoms with van der Waals surface area (Å²) >= 11 is 0. The minimum atomic E-state index is -0.896. The summed E-state index contributed by atoms with van der Waals surface area (Å²) in [4.78, 5) is 24.3. The zero-order valence-electron chi connectivity index (χ0n) is 11.0. The molecule has 0 heterocycles. The van der Waals surface area contributed by atoms with Gasteiger partial charge in [0, 0.05) is 13.6 Å². The van der Waals surface area contributed by atoms with E-state index in [9.17, 15) is 9.59 Å². The van der Waals surface area contributed by atoms with Gasteiger partial charge >= 0.3 is 5.97 Å². The number of carbonyl (C=O) groups is 2. The Hall–Kier alpha value is -1.84.